The molecule has 3 N–H and O–H groups in total. The summed E-state index contributed by atoms with van der Waals surface area (Å²) in [4.78, 5) is 25.2. The van der Waals surface area contributed by atoms with Gasteiger partial charge in [0.1, 0.15) is 11.5 Å². The molecule has 0 radical (unpaired) electrons. The Labute approximate surface area is 127 Å². The van der Waals surface area contributed by atoms with Gasteiger partial charge in [0.15, 0.2) is 5.78 Å². The Morgan fingerprint density at radius 3 is 2.77 bits per heavy atom. The third kappa shape index (κ3) is 2.02. The van der Waals surface area contributed by atoms with Crippen LogP contribution in [0.2, 0.25) is 0 Å². The average Bonchev–Trinajstić information content (AvgIpc) is 2.49. The smallest absolute Gasteiger partial charge is 0.278 e. The number of phenolic OH excluding ortho intramolecular Hbond substituents is 1. The van der Waals surface area contributed by atoms with Gasteiger partial charge in [0.25, 0.3) is 5.79 Å². The second-order valence-electron chi connectivity index (χ2n) is 6.10. The lowest BCUT2D eigenvalue weighted by atomic mass is 9.68. The topological polar surface area (TPSA) is 104 Å². The first-order valence-corrected chi connectivity index (χ1v) is 7.32. The van der Waals surface area contributed by atoms with Crippen molar-refractivity contribution in [3.05, 3.63) is 23.8 Å². The number of phenols is 1. The van der Waals surface area contributed by atoms with Gasteiger partial charge in [0.2, 0.25) is 5.78 Å². The molecule has 2 aliphatic rings. The van der Waals surface area contributed by atoms with Gasteiger partial charge in [-0.15, -0.1) is 0 Å². The van der Waals surface area contributed by atoms with Crippen molar-refractivity contribution in [3.8, 4) is 11.5 Å². The van der Waals surface area contributed by atoms with Gasteiger partial charge in [-0.25, -0.2) is 0 Å². The second-order valence-corrected chi connectivity index (χ2v) is 6.10. The lowest BCUT2D eigenvalue weighted by molar-refractivity contribution is -0.202. The van der Waals surface area contributed by atoms with E-state index in [0.29, 0.717) is 12.8 Å². The van der Waals surface area contributed by atoms with Gasteiger partial charge in [-0.2, -0.15) is 0 Å². The normalized spacial score (nSPS) is 32.0. The van der Waals surface area contributed by atoms with Crippen LogP contribution in [-0.2, 0) is 4.79 Å². The van der Waals surface area contributed by atoms with Gasteiger partial charge in [0, 0.05) is 12.5 Å². The Kier molecular flexibility index (Phi) is 3.45. The minimum absolute atomic E-state index is 0.0740. The number of benzene rings is 1. The first-order chi connectivity index (χ1) is 10.4. The fourth-order valence-corrected chi connectivity index (χ4v) is 3.37. The first-order valence-electron chi connectivity index (χ1n) is 7.32. The Morgan fingerprint density at radius 2 is 2.09 bits per heavy atom. The van der Waals surface area contributed by atoms with Crippen LogP contribution in [0.25, 0.3) is 0 Å². The van der Waals surface area contributed by atoms with Gasteiger partial charge in [0.05, 0.1) is 11.5 Å². The molecule has 0 spiro atoms. The average molecular weight is 306 g/mol. The van der Waals surface area contributed by atoms with Crippen LogP contribution in [0.4, 0.5) is 0 Å². The van der Waals surface area contributed by atoms with E-state index in [1.54, 1.807) is 6.92 Å². The van der Waals surface area contributed by atoms with E-state index in [0.717, 1.165) is 0 Å². The summed E-state index contributed by atoms with van der Waals surface area (Å²) in [6, 6.07) is 3.98. The highest BCUT2D eigenvalue weighted by Gasteiger charge is 2.58. The van der Waals surface area contributed by atoms with E-state index < -0.39 is 29.2 Å². The van der Waals surface area contributed by atoms with Crippen LogP contribution in [0.1, 0.15) is 30.1 Å². The molecule has 1 saturated carbocycles. The summed E-state index contributed by atoms with van der Waals surface area (Å²) in [5.41, 5.74) is 0.177. The standard InChI is InChI=1S/C16H18O6/c1-8(7-17)10-3-4-12-14(19)11-6-9(18)2-5-13(11)22-16(12,21)15(10)20/h2,5-6,8,10,12,17-18,21H,3-4,7H2,1H3/t8?,10-,12-,16-/m1/s1. The molecule has 118 valence electrons. The number of aromatic hydroxyl groups is 1. The van der Waals surface area contributed by atoms with Gasteiger partial charge >= 0.3 is 0 Å². The van der Waals surface area contributed by atoms with E-state index in [2.05, 4.69) is 0 Å². The molecule has 0 bridgehead atoms. The van der Waals surface area contributed by atoms with Gasteiger partial charge in [-0.3, -0.25) is 9.59 Å². The summed E-state index contributed by atoms with van der Waals surface area (Å²) in [7, 11) is 0. The van der Waals surface area contributed by atoms with Crippen molar-refractivity contribution in [1.82, 2.24) is 0 Å². The molecule has 1 aliphatic heterocycles. The molecule has 0 amide bonds. The molecule has 1 aromatic carbocycles. The number of aliphatic hydroxyl groups is 2. The lowest BCUT2D eigenvalue weighted by Crippen LogP contribution is -2.61. The van der Waals surface area contributed by atoms with Crippen LogP contribution >= 0.6 is 0 Å². The van der Waals surface area contributed by atoms with Crippen LogP contribution in [0, 0.1) is 17.8 Å². The van der Waals surface area contributed by atoms with Crippen LogP contribution in [0.15, 0.2) is 18.2 Å². The van der Waals surface area contributed by atoms with Crippen molar-refractivity contribution in [1.29, 1.82) is 0 Å². The van der Waals surface area contributed by atoms with Crippen LogP contribution in [0.3, 0.4) is 0 Å². The Morgan fingerprint density at radius 1 is 1.36 bits per heavy atom. The summed E-state index contributed by atoms with van der Waals surface area (Å²) in [6.07, 6.45) is 0.710. The Bertz CT molecular complexity index is 640. The minimum atomic E-state index is -2.19. The zero-order valence-electron chi connectivity index (χ0n) is 12.2. The van der Waals surface area contributed by atoms with E-state index >= 15 is 0 Å². The third-order valence-electron chi connectivity index (χ3n) is 4.71. The number of hydrogen-bond donors (Lipinski definition) is 3. The van der Waals surface area contributed by atoms with Crippen molar-refractivity contribution in [2.75, 3.05) is 6.61 Å². The highest BCUT2D eigenvalue weighted by atomic mass is 16.6. The molecular weight excluding hydrogens is 288 g/mol. The van der Waals surface area contributed by atoms with Crippen molar-refractivity contribution in [2.24, 2.45) is 17.8 Å². The third-order valence-corrected chi connectivity index (χ3v) is 4.71. The number of Topliss-reactive ketones (excluding diaryl/α,β-unsaturated/α-hetero) is 2. The summed E-state index contributed by atoms with van der Waals surface area (Å²) < 4.78 is 5.48. The number of carbonyl (C=O) groups excluding carboxylic acids is 2. The SMILES string of the molecule is CC(CO)[C@H]1CC[C@@H]2C(=O)c3cc(O)ccc3O[C@@]2(O)C1=O. The summed E-state index contributed by atoms with van der Waals surface area (Å²) in [6.45, 7) is 1.55. The van der Waals surface area contributed by atoms with Crippen LogP contribution in [0.5, 0.6) is 11.5 Å². The maximum absolute atomic E-state index is 12.6. The maximum atomic E-state index is 12.6. The van der Waals surface area contributed by atoms with E-state index in [1.807, 2.05) is 0 Å². The molecule has 22 heavy (non-hydrogen) atoms. The number of fused-ring (bicyclic) bond motifs is 2. The van der Waals surface area contributed by atoms with Crippen molar-refractivity contribution in [3.63, 3.8) is 0 Å². The van der Waals surface area contributed by atoms with Crippen LogP contribution < -0.4 is 4.74 Å². The van der Waals surface area contributed by atoms with E-state index in [-0.39, 0.29) is 29.6 Å². The van der Waals surface area contributed by atoms with Crippen molar-refractivity contribution in [2.45, 2.75) is 25.6 Å². The van der Waals surface area contributed by atoms with Crippen molar-refractivity contribution >= 4 is 11.6 Å². The first kappa shape index (κ1) is 15.0. The minimum Gasteiger partial charge on any atom is -0.508 e. The largest absolute Gasteiger partial charge is 0.508 e. The number of hydrogen-bond acceptors (Lipinski definition) is 6. The highest BCUT2D eigenvalue weighted by molar-refractivity contribution is 6.07. The second kappa shape index (κ2) is 5.07. The molecule has 1 heterocycles. The molecule has 3 rings (SSSR count). The highest BCUT2D eigenvalue weighted by Crippen LogP contribution is 2.45. The van der Waals surface area contributed by atoms with E-state index in [4.69, 9.17) is 4.74 Å². The molecule has 6 heteroatoms. The molecule has 1 aliphatic carbocycles. The Balaban J connectivity index is 2.02. The number of carbonyl (C=O) groups is 2. The molecule has 1 unspecified atom stereocenters. The zero-order chi connectivity index (χ0) is 16.1. The predicted molar refractivity (Wildman–Crippen MR) is 75.5 cm³/mol. The summed E-state index contributed by atoms with van der Waals surface area (Å²) >= 11 is 0. The maximum Gasteiger partial charge on any atom is 0.278 e. The molecular formula is C16H18O6. The fourth-order valence-electron chi connectivity index (χ4n) is 3.37. The lowest BCUT2D eigenvalue weighted by Gasteiger charge is -2.44. The van der Waals surface area contributed by atoms with Gasteiger partial charge in [-0.05, 0) is 37.0 Å². The molecule has 0 aromatic heterocycles. The predicted octanol–water partition coefficient (Wildman–Crippen LogP) is 0.880. The number of ether oxygens (including phenoxy) is 1. The number of ketones is 2. The molecule has 1 fully saturated rings. The molecule has 6 nitrogen and oxygen atoms in total. The van der Waals surface area contributed by atoms with Gasteiger partial charge in [-0.1, -0.05) is 6.92 Å². The van der Waals surface area contributed by atoms with E-state index in [9.17, 15) is 24.9 Å². The number of rotatable bonds is 2. The van der Waals surface area contributed by atoms with E-state index in [1.165, 1.54) is 18.2 Å². The molecule has 0 saturated heterocycles. The summed E-state index contributed by atoms with van der Waals surface area (Å²) in [5.74, 6) is -4.96. The van der Waals surface area contributed by atoms with Gasteiger partial charge < -0.3 is 20.1 Å². The quantitative estimate of drug-likeness (QED) is 0.749. The Hall–Kier alpha value is -1.92. The summed E-state index contributed by atoms with van der Waals surface area (Å²) in [5, 5.41) is 29.5. The fraction of sp³-hybridized carbons (Fsp3) is 0.500. The van der Waals surface area contributed by atoms with Crippen LogP contribution in [-0.4, -0.2) is 39.3 Å². The monoisotopic (exact) mass is 306 g/mol. The van der Waals surface area contributed by atoms with Crippen molar-refractivity contribution < 1.29 is 29.6 Å². The number of aliphatic hydroxyl groups excluding tert-OH is 1. The molecule has 1 aromatic rings. The molecule has 4 atom stereocenters. The zero-order valence-corrected chi connectivity index (χ0v) is 12.2.